The molecule has 0 radical (unpaired) electrons. The Morgan fingerprint density at radius 3 is 2.70 bits per heavy atom. The number of oxazole rings is 1. The van der Waals surface area contributed by atoms with Gasteiger partial charge in [0.1, 0.15) is 5.52 Å². The first-order chi connectivity index (χ1) is 10.9. The molecule has 23 heavy (non-hydrogen) atoms. The Balaban J connectivity index is 1.70. The number of fused-ring (bicyclic) bond motifs is 1. The molecule has 3 aromatic rings. The molecule has 5 nitrogen and oxygen atoms in total. The summed E-state index contributed by atoms with van der Waals surface area (Å²) >= 11 is 0. The molecule has 0 bridgehead atoms. The van der Waals surface area contributed by atoms with E-state index in [0.29, 0.717) is 11.5 Å². The van der Waals surface area contributed by atoms with Crippen molar-refractivity contribution in [3.05, 3.63) is 65.0 Å². The fraction of sp³-hybridized carbons (Fsp3) is 0.235. The van der Waals surface area contributed by atoms with Gasteiger partial charge in [0.25, 0.3) is 0 Å². The summed E-state index contributed by atoms with van der Waals surface area (Å²) in [4.78, 5) is 4.22. The fourth-order valence-corrected chi connectivity index (χ4v) is 3.57. The molecule has 0 saturated heterocycles. The Morgan fingerprint density at radius 1 is 1.09 bits per heavy atom. The molecule has 6 heteroatoms. The lowest BCUT2D eigenvalue weighted by Crippen LogP contribution is -2.24. The van der Waals surface area contributed by atoms with E-state index < -0.39 is 10.0 Å². The average molecular weight is 330 g/mol. The highest BCUT2D eigenvalue weighted by atomic mass is 32.2. The number of nitrogens with one attached hydrogen (secondary N) is 1. The normalized spacial score (nSPS) is 11.9. The highest BCUT2D eigenvalue weighted by Crippen LogP contribution is 2.17. The molecule has 120 valence electrons. The van der Waals surface area contributed by atoms with Crippen LogP contribution in [0.15, 0.2) is 46.9 Å². The summed E-state index contributed by atoms with van der Waals surface area (Å²) in [7, 11) is -3.39. The summed E-state index contributed by atoms with van der Waals surface area (Å²) in [6, 6.07) is 13.0. The zero-order chi connectivity index (χ0) is 16.4. The molecule has 3 rings (SSSR count). The Morgan fingerprint density at radius 2 is 1.91 bits per heavy atom. The van der Waals surface area contributed by atoms with Gasteiger partial charge in [0.15, 0.2) is 11.5 Å². The summed E-state index contributed by atoms with van der Waals surface area (Å²) < 4.78 is 32.5. The minimum absolute atomic E-state index is 0.0294. The molecule has 0 amide bonds. The van der Waals surface area contributed by atoms with E-state index in [-0.39, 0.29) is 12.3 Å². The Kier molecular flexibility index (Phi) is 4.19. The van der Waals surface area contributed by atoms with Crippen LogP contribution in [-0.2, 0) is 22.3 Å². The number of aryl methyl sites for hydroxylation is 2. The van der Waals surface area contributed by atoms with Crippen LogP contribution in [0.3, 0.4) is 0 Å². The number of benzene rings is 2. The highest BCUT2D eigenvalue weighted by Gasteiger charge is 2.12. The Hall–Kier alpha value is -2.18. The molecular weight excluding hydrogens is 312 g/mol. The number of sulfonamides is 1. The predicted octanol–water partition coefficient (Wildman–Crippen LogP) is 3.06. The molecule has 1 heterocycles. The monoisotopic (exact) mass is 330 g/mol. The number of aromatic nitrogens is 1. The average Bonchev–Trinajstić information content (AvgIpc) is 2.84. The van der Waals surface area contributed by atoms with E-state index in [1.807, 2.05) is 49.4 Å². The smallest absolute Gasteiger partial charge is 0.216 e. The van der Waals surface area contributed by atoms with Gasteiger partial charge >= 0.3 is 0 Å². The molecule has 0 atom stereocenters. The van der Waals surface area contributed by atoms with Gasteiger partial charge in [0.05, 0.1) is 5.75 Å². The summed E-state index contributed by atoms with van der Waals surface area (Å²) in [6.07, 6.45) is 0. The zero-order valence-corrected chi connectivity index (χ0v) is 13.9. The third-order valence-corrected chi connectivity index (χ3v) is 4.79. The van der Waals surface area contributed by atoms with Crippen LogP contribution in [0.25, 0.3) is 11.1 Å². The quantitative estimate of drug-likeness (QED) is 0.780. The lowest BCUT2D eigenvalue weighted by atomic mass is 10.2. The van der Waals surface area contributed by atoms with Crippen LogP contribution in [0.1, 0.15) is 22.6 Å². The van der Waals surface area contributed by atoms with Crippen LogP contribution in [0, 0.1) is 13.8 Å². The molecule has 0 unspecified atom stereocenters. The van der Waals surface area contributed by atoms with E-state index in [9.17, 15) is 8.42 Å². The first-order valence-corrected chi connectivity index (χ1v) is 8.95. The van der Waals surface area contributed by atoms with Gasteiger partial charge in [-0.05, 0) is 30.2 Å². The van der Waals surface area contributed by atoms with Crippen molar-refractivity contribution >= 4 is 21.1 Å². The Bertz CT molecular complexity index is 945. The molecule has 1 aromatic heterocycles. The van der Waals surface area contributed by atoms with E-state index in [2.05, 4.69) is 9.71 Å². The summed E-state index contributed by atoms with van der Waals surface area (Å²) in [5, 5.41) is 0. The lowest BCUT2D eigenvalue weighted by Gasteiger charge is -2.07. The van der Waals surface area contributed by atoms with Crippen LogP contribution >= 0.6 is 0 Å². The van der Waals surface area contributed by atoms with E-state index >= 15 is 0 Å². The number of rotatable bonds is 5. The predicted molar refractivity (Wildman–Crippen MR) is 89.4 cm³/mol. The van der Waals surface area contributed by atoms with Gasteiger partial charge in [0.2, 0.25) is 10.0 Å². The fourth-order valence-electron chi connectivity index (χ4n) is 2.46. The second-order valence-electron chi connectivity index (χ2n) is 5.60. The first kappa shape index (κ1) is 15.7. The van der Waals surface area contributed by atoms with Crippen LogP contribution in [-0.4, -0.2) is 13.4 Å². The zero-order valence-electron chi connectivity index (χ0n) is 13.0. The Labute approximate surface area is 135 Å². The molecule has 0 aliphatic heterocycles. The topological polar surface area (TPSA) is 72.2 Å². The number of hydrogen-bond donors (Lipinski definition) is 1. The van der Waals surface area contributed by atoms with Gasteiger partial charge in [-0.3, -0.25) is 0 Å². The third kappa shape index (κ3) is 3.97. The molecule has 0 spiro atoms. The highest BCUT2D eigenvalue weighted by molar-refractivity contribution is 7.88. The van der Waals surface area contributed by atoms with Crippen LogP contribution < -0.4 is 4.72 Å². The van der Waals surface area contributed by atoms with Gasteiger partial charge in [-0.1, -0.05) is 35.9 Å². The van der Waals surface area contributed by atoms with Crippen molar-refractivity contribution < 1.29 is 12.8 Å². The molecule has 0 aliphatic carbocycles. The first-order valence-electron chi connectivity index (χ1n) is 7.30. The summed E-state index contributed by atoms with van der Waals surface area (Å²) in [5.74, 6) is 0.565. The van der Waals surface area contributed by atoms with E-state index in [1.165, 1.54) is 0 Å². The van der Waals surface area contributed by atoms with Crippen molar-refractivity contribution in [1.82, 2.24) is 9.71 Å². The number of nitrogens with zero attached hydrogens (tertiary/aromatic N) is 1. The minimum atomic E-state index is -3.39. The molecule has 0 aliphatic rings. The van der Waals surface area contributed by atoms with Gasteiger partial charge in [-0.25, -0.2) is 18.1 Å². The molecule has 0 fully saturated rings. The van der Waals surface area contributed by atoms with Crippen LogP contribution in [0.2, 0.25) is 0 Å². The van der Waals surface area contributed by atoms with Crippen molar-refractivity contribution in [3.63, 3.8) is 0 Å². The van der Waals surface area contributed by atoms with Crippen LogP contribution in [0.5, 0.6) is 0 Å². The molecule has 0 saturated carbocycles. The maximum absolute atomic E-state index is 12.2. The van der Waals surface area contributed by atoms with Crippen molar-refractivity contribution in [2.45, 2.75) is 26.1 Å². The van der Waals surface area contributed by atoms with Gasteiger partial charge in [-0.15, -0.1) is 0 Å². The van der Waals surface area contributed by atoms with Crippen molar-refractivity contribution in [2.24, 2.45) is 0 Å². The van der Waals surface area contributed by atoms with E-state index in [4.69, 9.17) is 4.42 Å². The van der Waals surface area contributed by atoms with Crippen molar-refractivity contribution in [1.29, 1.82) is 0 Å². The van der Waals surface area contributed by atoms with Crippen LogP contribution in [0.4, 0.5) is 0 Å². The largest absolute Gasteiger partial charge is 0.441 e. The maximum Gasteiger partial charge on any atom is 0.216 e. The van der Waals surface area contributed by atoms with E-state index in [0.717, 1.165) is 22.2 Å². The molecular formula is C17H18N2O3S. The standard InChI is InChI=1S/C17H18N2O3S/c1-12-4-3-5-15(8-12)11-23(20,21)18-10-14-6-7-16-17(9-14)22-13(2)19-16/h3-9,18H,10-11H2,1-2H3. The van der Waals surface area contributed by atoms with Gasteiger partial charge < -0.3 is 4.42 Å². The summed E-state index contributed by atoms with van der Waals surface area (Å²) in [6.45, 7) is 3.95. The SMILES string of the molecule is Cc1cccc(CS(=O)(=O)NCc2ccc3nc(C)oc3c2)c1. The van der Waals surface area contributed by atoms with Gasteiger partial charge in [0, 0.05) is 13.5 Å². The maximum atomic E-state index is 12.2. The second-order valence-corrected chi connectivity index (χ2v) is 7.41. The van der Waals surface area contributed by atoms with E-state index in [1.54, 1.807) is 6.92 Å². The second kappa shape index (κ2) is 6.14. The van der Waals surface area contributed by atoms with Crippen molar-refractivity contribution in [2.75, 3.05) is 0 Å². The minimum Gasteiger partial charge on any atom is -0.441 e. The lowest BCUT2D eigenvalue weighted by molar-refractivity contribution is 0.560. The van der Waals surface area contributed by atoms with Gasteiger partial charge in [-0.2, -0.15) is 0 Å². The summed E-state index contributed by atoms with van der Waals surface area (Å²) in [5.41, 5.74) is 4.09. The molecule has 2 aromatic carbocycles. The molecule has 1 N–H and O–H groups in total. The number of hydrogen-bond acceptors (Lipinski definition) is 4. The third-order valence-electron chi connectivity index (χ3n) is 3.50. The van der Waals surface area contributed by atoms with Crippen molar-refractivity contribution in [3.8, 4) is 0 Å².